The smallest absolute Gasteiger partial charge is 0.335 e. The fourth-order valence-electron chi connectivity index (χ4n) is 4.74. The van der Waals surface area contributed by atoms with E-state index in [1.165, 1.54) is 19.6 Å². The van der Waals surface area contributed by atoms with Crippen LogP contribution >= 0.6 is 34.5 Å². The molecular formula is C24H24Cl2N4O6S2. The van der Waals surface area contributed by atoms with E-state index in [2.05, 4.69) is 20.0 Å². The molecule has 1 aromatic carbocycles. The van der Waals surface area contributed by atoms with Gasteiger partial charge in [0.25, 0.3) is 0 Å². The first-order valence-corrected chi connectivity index (χ1v) is 14.7. The van der Waals surface area contributed by atoms with Crippen molar-refractivity contribution in [3.63, 3.8) is 0 Å². The zero-order chi connectivity index (χ0) is 27.1. The molecule has 3 aromatic rings. The summed E-state index contributed by atoms with van der Waals surface area (Å²) in [7, 11) is -2.75. The maximum atomic E-state index is 13.6. The quantitative estimate of drug-likeness (QED) is 0.315. The topological polar surface area (TPSA) is 140 Å². The number of aromatic nitrogens is 2. The fraction of sp³-hybridized carbons (Fsp3) is 0.375. The average molecular weight is 600 g/mol. The third kappa shape index (κ3) is 5.32. The second-order valence-electron chi connectivity index (χ2n) is 9.02. The van der Waals surface area contributed by atoms with Crippen LogP contribution in [-0.2, 0) is 24.8 Å². The number of anilines is 1. The zero-order valence-corrected chi connectivity index (χ0v) is 23.2. The lowest BCUT2D eigenvalue weighted by molar-refractivity contribution is -0.123. The lowest BCUT2D eigenvalue weighted by Crippen LogP contribution is -2.41. The van der Waals surface area contributed by atoms with Crippen LogP contribution in [0.15, 0.2) is 42.9 Å². The highest BCUT2D eigenvalue weighted by atomic mass is 35.5. The number of aliphatic hydroxyl groups is 1. The van der Waals surface area contributed by atoms with Crippen LogP contribution in [0.4, 0.5) is 5.82 Å². The molecule has 4 atom stereocenters. The van der Waals surface area contributed by atoms with Crippen molar-refractivity contribution in [3.8, 4) is 0 Å². The minimum atomic E-state index is -3.97. The van der Waals surface area contributed by atoms with Gasteiger partial charge >= 0.3 is 10.3 Å². The van der Waals surface area contributed by atoms with E-state index in [0.29, 0.717) is 32.8 Å². The molecule has 1 saturated heterocycles. The van der Waals surface area contributed by atoms with Crippen LogP contribution in [0.1, 0.15) is 45.6 Å². The Bertz CT molecular complexity index is 1460. The number of thiophene rings is 1. The van der Waals surface area contributed by atoms with Crippen molar-refractivity contribution in [3.05, 3.63) is 73.8 Å². The Labute approximate surface area is 233 Å². The number of nitrogens with one attached hydrogen (secondary N) is 2. The normalized spacial score (nSPS) is 25.2. The van der Waals surface area contributed by atoms with Gasteiger partial charge in [-0.3, -0.25) is 8.98 Å². The number of ketones is 1. The molecule has 0 radical (unpaired) electrons. The second kappa shape index (κ2) is 10.8. The van der Waals surface area contributed by atoms with E-state index in [0.717, 1.165) is 16.9 Å². The van der Waals surface area contributed by atoms with E-state index in [4.69, 9.17) is 32.1 Å². The number of carbonyl (C=O) groups excluding carboxylic acids is 1. The van der Waals surface area contributed by atoms with Crippen LogP contribution in [0.3, 0.4) is 0 Å². The van der Waals surface area contributed by atoms with E-state index in [1.807, 2.05) is 18.2 Å². The van der Waals surface area contributed by atoms with Gasteiger partial charge in [0, 0.05) is 36.3 Å². The predicted molar refractivity (Wildman–Crippen MR) is 143 cm³/mol. The number of hydrogen-bond acceptors (Lipinski definition) is 10. The zero-order valence-electron chi connectivity index (χ0n) is 20.1. The molecule has 0 bridgehead atoms. The van der Waals surface area contributed by atoms with E-state index in [1.54, 1.807) is 12.1 Å². The van der Waals surface area contributed by atoms with Gasteiger partial charge in [-0.2, -0.15) is 13.1 Å². The van der Waals surface area contributed by atoms with Gasteiger partial charge in [-0.05, 0) is 36.6 Å². The van der Waals surface area contributed by atoms with Gasteiger partial charge in [0.1, 0.15) is 28.2 Å². The standard InChI is InChI=1S/C24H24Cl2N4O6S2/c1-27-38(33,34)36-19-9-15(8-18(19)31)30-23-16(11-28-12-29-23)21(32)20-10-17(22(26)37-20)24(5-6-35-24)13-3-2-4-14(25)7-13/h2-4,7,10-12,15,18-19,27,31H,5-6,8-9H2,1H3,(H,28,29,30)/t15-,18+,19-,24+/m1/s1. The lowest BCUT2D eigenvalue weighted by Gasteiger charge is -2.42. The van der Waals surface area contributed by atoms with Gasteiger partial charge in [0.05, 0.1) is 23.2 Å². The number of benzene rings is 1. The lowest BCUT2D eigenvalue weighted by atomic mass is 9.81. The molecule has 3 N–H and O–H groups in total. The summed E-state index contributed by atoms with van der Waals surface area (Å²) in [6.45, 7) is 0.552. The molecule has 3 heterocycles. The molecule has 2 aliphatic rings. The van der Waals surface area contributed by atoms with Crippen molar-refractivity contribution in [2.24, 2.45) is 0 Å². The number of rotatable bonds is 9. The number of ether oxygens (including phenoxy) is 1. The van der Waals surface area contributed by atoms with Crippen molar-refractivity contribution in [2.45, 2.75) is 43.1 Å². The van der Waals surface area contributed by atoms with Crippen LogP contribution in [0.5, 0.6) is 0 Å². The highest BCUT2D eigenvalue weighted by molar-refractivity contribution is 7.84. The van der Waals surface area contributed by atoms with Crippen molar-refractivity contribution < 1.29 is 27.2 Å². The largest absolute Gasteiger partial charge is 0.390 e. The first kappa shape index (κ1) is 27.4. The Morgan fingerprint density at radius 3 is 2.76 bits per heavy atom. The van der Waals surface area contributed by atoms with Gasteiger partial charge in [-0.1, -0.05) is 35.3 Å². The Morgan fingerprint density at radius 2 is 2.08 bits per heavy atom. The van der Waals surface area contributed by atoms with Crippen molar-refractivity contribution in [2.75, 3.05) is 19.0 Å². The third-order valence-electron chi connectivity index (χ3n) is 6.71. The molecule has 1 saturated carbocycles. The summed E-state index contributed by atoms with van der Waals surface area (Å²) in [4.78, 5) is 22.2. The summed E-state index contributed by atoms with van der Waals surface area (Å²) in [6.07, 6.45) is 1.84. The van der Waals surface area contributed by atoms with Gasteiger partial charge in [-0.15, -0.1) is 11.3 Å². The number of halogens is 2. The number of nitrogens with zero attached hydrogens (tertiary/aromatic N) is 2. The number of aliphatic hydroxyl groups excluding tert-OH is 1. The molecular weight excluding hydrogens is 575 g/mol. The van der Waals surface area contributed by atoms with Gasteiger partial charge in [-0.25, -0.2) is 9.97 Å². The van der Waals surface area contributed by atoms with Crippen LogP contribution in [0, 0.1) is 0 Å². The Balaban J connectivity index is 1.38. The predicted octanol–water partition coefficient (Wildman–Crippen LogP) is 3.52. The highest BCUT2D eigenvalue weighted by Gasteiger charge is 2.45. The summed E-state index contributed by atoms with van der Waals surface area (Å²) in [5.41, 5.74) is 0.979. The van der Waals surface area contributed by atoms with Crippen molar-refractivity contribution in [1.82, 2.24) is 14.7 Å². The van der Waals surface area contributed by atoms with Crippen LogP contribution in [0.25, 0.3) is 0 Å². The molecule has 14 heteroatoms. The first-order chi connectivity index (χ1) is 18.1. The summed E-state index contributed by atoms with van der Waals surface area (Å²) in [6, 6.07) is 8.72. The minimum absolute atomic E-state index is 0.189. The molecule has 2 fully saturated rings. The SMILES string of the molecule is CNS(=O)(=O)O[C@@H]1C[C@H](Nc2ncncc2C(=O)c2cc([C@@]3(c4cccc(Cl)c4)CCO3)c(Cl)s2)C[C@@H]1O. The number of carbonyl (C=O) groups is 1. The molecule has 5 rings (SSSR count). The fourth-order valence-corrected chi connectivity index (χ4v) is 6.93. The molecule has 0 spiro atoms. The highest BCUT2D eigenvalue weighted by Crippen LogP contribution is 2.49. The van der Waals surface area contributed by atoms with Gasteiger partial charge in [0.15, 0.2) is 0 Å². The van der Waals surface area contributed by atoms with Crippen LogP contribution in [-0.4, -0.2) is 61.2 Å². The molecule has 0 unspecified atom stereocenters. The summed E-state index contributed by atoms with van der Waals surface area (Å²) < 4.78 is 37.0. The van der Waals surface area contributed by atoms with E-state index < -0.39 is 28.1 Å². The summed E-state index contributed by atoms with van der Waals surface area (Å²) >= 11 is 14.0. The Hall–Kier alpha value is -2.16. The molecule has 1 aliphatic heterocycles. The van der Waals surface area contributed by atoms with Crippen LogP contribution < -0.4 is 10.0 Å². The Morgan fingerprint density at radius 1 is 1.29 bits per heavy atom. The molecule has 0 amide bonds. The van der Waals surface area contributed by atoms with Crippen molar-refractivity contribution >= 4 is 56.4 Å². The molecule has 202 valence electrons. The molecule has 10 nitrogen and oxygen atoms in total. The van der Waals surface area contributed by atoms with Crippen molar-refractivity contribution in [1.29, 1.82) is 0 Å². The average Bonchev–Trinajstić information content (AvgIpc) is 3.40. The maximum Gasteiger partial charge on any atom is 0.335 e. The van der Waals surface area contributed by atoms with Gasteiger partial charge < -0.3 is 15.2 Å². The molecule has 1 aliphatic carbocycles. The van der Waals surface area contributed by atoms with Crippen LogP contribution in [0.2, 0.25) is 9.36 Å². The summed E-state index contributed by atoms with van der Waals surface area (Å²) in [5.74, 6) is -0.0780. The van der Waals surface area contributed by atoms with E-state index in [-0.39, 0.29) is 36.0 Å². The van der Waals surface area contributed by atoms with Gasteiger partial charge in [0.2, 0.25) is 5.78 Å². The molecule has 2 aromatic heterocycles. The Kier molecular flexibility index (Phi) is 7.77. The molecule has 38 heavy (non-hydrogen) atoms. The first-order valence-electron chi connectivity index (χ1n) is 11.7. The van der Waals surface area contributed by atoms with E-state index in [9.17, 15) is 18.3 Å². The third-order valence-corrected chi connectivity index (χ3v) is 9.30. The summed E-state index contributed by atoms with van der Waals surface area (Å²) in [5, 5.41) is 14.0. The second-order valence-corrected chi connectivity index (χ2v) is 12.6. The maximum absolute atomic E-state index is 13.6. The van der Waals surface area contributed by atoms with E-state index >= 15 is 0 Å². The minimum Gasteiger partial charge on any atom is -0.390 e. The monoisotopic (exact) mass is 598 g/mol. The number of hydrogen-bond donors (Lipinski definition) is 3.